The fourth-order valence-corrected chi connectivity index (χ4v) is 2.10. The van der Waals surface area contributed by atoms with Gasteiger partial charge >= 0.3 is 5.97 Å². The number of carbonyl (C=O) groups is 2. The first-order valence-electron chi connectivity index (χ1n) is 7.71. The van der Waals surface area contributed by atoms with Crippen molar-refractivity contribution in [3.63, 3.8) is 0 Å². The number of nitrogens with zero attached hydrogens (tertiary/aromatic N) is 4. The maximum absolute atomic E-state index is 12.2. The zero-order valence-electron chi connectivity index (χ0n) is 13.3. The second-order valence-electron chi connectivity index (χ2n) is 5.14. The minimum Gasteiger partial charge on any atom is -0.481 e. The molecular weight excluding hydrogens is 312 g/mol. The largest absolute Gasteiger partial charge is 0.481 e. The molecule has 1 aromatic carbocycles. The maximum Gasteiger partial charge on any atom is 0.303 e. The summed E-state index contributed by atoms with van der Waals surface area (Å²) in [6.07, 6.45) is 0.947. The van der Waals surface area contributed by atoms with Gasteiger partial charge in [-0.3, -0.25) is 9.59 Å². The van der Waals surface area contributed by atoms with Crippen molar-refractivity contribution in [3.05, 3.63) is 30.3 Å². The summed E-state index contributed by atoms with van der Waals surface area (Å²) in [5, 5.41) is 25.8. The fraction of sp³-hybridized carbons (Fsp3) is 0.400. The van der Waals surface area contributed by atoms with Crippen LogP contribution in [0.15, 0.2) is 30.3 Å². The molecule has 0 fully saturated rings. The molecule has 0 spiro atoms. The van der Waals surface area contributed by atoms with E-state index in [1.165, 1.54) is 4.68 Å². The predicted octanol–water partition coefficient (Wildman–Crippen LogP) is 0.834. The van der Waals surface area contributed by atoms with E-state index in [1.807, 2.05) is 37.3 Å². The first-order valence-corrected chi connectivity index (χ1v) is 7.71. The van der Waals surface area contributed by atoms with Crippen molar-refractivity contribution in [3.8, 4) is 5.69 Å². The van der Waals surface area contributed by atoms with E-state index < -0.39 is 12.0 Å². The van der Waals surface area contributed by atoms with Crippen molar-refractivity contribution in [1.29, 1.82) is 0 Å². The quantitative estimate of drug-likeness (QED) is 0.581. The standard InChI is InChI=1S/C15H20N6O3/c1-2-12(14(24)16-10-6-9-13(22)23)17-15-18-19-20-21(15)11-7-4-3-5-8-11/h3-5,7-8,12H,2,6,9-10H2,1H3,(H,16,24)(H,22,23)(H,17,18,20). The van der Waals surface area contributed by atoms with Gasteiger partial charge in [0.25, 0.3) is 0 Å². The predicted molar refractivity (Wildman–Crippen MR) is 86.7 cm³/mol. The van der Waals surface area contributed by atoms with Crippen LogP contribution in [0.25, 0.3) is 5.69 Å². The van der Waals surface area contributed by atoms with Crippen molar-refractivity contribution < 1.29 is 14.7 Å². The van der Waals surface area contributed by atoms with E-state index in [1.54, 1.807) is 0 Å². The van der Waals surface area contributed by atoms with Crippen LogP contribution in [-0.4, -0.2) is 49.8 Å². The normalized spacial score (nSPS) is 11.7. The summed E-state index contributed by atoms with van der Waals surface area (Å²) in [7, 11) is 0. The highest BCUT2D eigenvalue weighted by atomic mass is 16.4. The average Bonchev–Trinajstić information content (AvgIpc) is 3.05. The van der Waals surface area contributed by atoms with Gasteiger partial charge in [0.1, 0.15) is 6.04 Å². The van der Waals surface area contributed by atoms with E-state index >= 15 is 0 Å². The van der Waals surface area contributed by atoms with Crippen molar-refractivity contribution in [1.82, 2.24) is 25.5 Å². The molecule has 0 aliphatic heterocycles. The lowest BCUT2D eigenvalue weighted by Gasteiger charge is -2.17. The Hall–Kier alpha value is -2.97. The van der Waals surface area contributed by atoms with Crippen molar-refractivity contribution in [2.24, 2.45) is 0 Å². The Morgan fingerprint density at radius 1 is 1.29 bits per heavy atom. The van der Waals surface area contributed by atoms with Crippen LogP contribution < -0.4 is 10.6 Å². The van der Waals surface area contributed by atoms with E-state index in [0.717, 1.165) is 5.69 Å². The number of benzene rings is 1. The Morgan fingerprint density at radius 3 is 2.71 bits per heavy atom. The number of amides is 1. The van der Waals surface area contributed by atoms with E-state index in [0.29, 0.717) is 25.3 Å². The summed E-state index contributed by atoms with van der Waals surface area (Å²) >= 11 is 0. The van der Waals surface area contributed by atoms with Gasteiger partial charge in [-0.1, -0.05) is 30.2 Å². The molecule has 128 valence electrons. The maximum atomic E-state index is 12.2. The second kappa shape index (κ2) is 8.61. The second-order valence-corrected chi connectivity index (χ2v) is 5.14. The fourth-order valence-electron chi connectivity index (χ4n) is 2.10. The highest BCUT2D eigenvalue weighted by Crippen LogP contribution is 2.12. The van der Waals surface area contributed by atoms with E-state index in [9.17, 15) is 9.59 Å². The lowest BCUT2D eigenvalue weighted by molar-refractivity contribution is -0.137. The monoisotopic (exact) mass is 332 g/mol. The summed E-state index contributed by atoms with van der Waals surface area (Å²) in [4.78, 5) is 22.7. The molecule has 3 N–H and O–H groups in total. The van der Waals surface area contributed by atoms with Gasteiger partial charge in [0.05, 0.1) is 5.69 Å². The molecule has 1 heterocycles. The molecule has 0 saturated heterocycles. The molecular formula is C15H20N6O3. The molecule has 0 aliphatic rings. The molecule has 0 radical (unpaired) electrons. The number of carboxylic acid groups (broad SMARTS) is 1. The Balaban J connectivity index is 1.97. The van der Waals surface area contributed by atoms with Crippen molar-refractivity contribution >= 4 is 17.8 Å². The van der Waals surface area contributed by atoms with Crippen molar-refractivity contribution in [2.45, 2.75) is 32.2 Å². The number of para-hydroxylation sites is 1. The Kier molecular flexibility index (Phi) is 6.23. The number of tetrazole rings is 1. The zero-order valence-corrected chi connectivity index (χ0v) is 13.3. The van der Waals surface area contributed by atoms with Crippen LogP contribution in [0, 0.1) is 0 Å². The van der Waals surface area contributed by atoms with Gasteiger partial charge in [0.2, 0.25) is 11.9 Å². The number of rotatable bonds is 9. The summed E-state index contributed by atoms with van der Waals surface area (Å²) in [6, 6.07) is 8.83. The highest BCUT2D eigenvalue weighted by Gasteiger charge is 2.19. The molecule has 9 nitrogen and oxygen atoms in total. The van der Waals surface area contributed by atoms with E-state index in [-0.39, 0.29) is 12.3 Å². The van der Waals surface area contributed by atoms with Gasteiger partial charge in [-0.05, 0) is 35.4 Å². The van der Waals surface area contributed by atoms with Crippen LogP contribution in [0.1, 0.15) is 26.2 Å². The topological polar surface area (TPSA) is 122 Å². The van der Waals surface area contributed by atoms with Crippen LogP contribution >= 0.6 is 0 Å². The van der Waals surface area contributed by atoms with Crippen LogP contribution in [-0.2, 0) is 9.59 Å². The smallest absolute Gasteiger partial charge is 0.303 e. The zero-order chi connectivity index (χ0) is 17.4. The number of anilines is 1. The van der Waals surface area contributed by atoms with Gasteiger partial charge in [-0.25, -0.2) is 0 Å². The molecule has 9 heteroatoms. The van der Waals surface area contributed by atoms with Crippen LogP contribution in [0.4, 0.5) is 5.95 Å². The minimum absolute atomic E-state index is 0.0246. The lowest BCUT2D eigenvalue weighted by Crippen LogP contribution is -2.40. The van der Waals surface area contributed by atoms with Gasteiger partial charge < -0.3 is 15.7 Å². The third kappa shape index (κ3) is 4.77. The lowest BCUT2D eigenvalue weighted by atomic mass is 10.2. The molecule has 0 bridgehead atoms. The average molecular weight is 332 g/mol. The summed E-state index contributed by atoms with van der Waals surface area (Å²) < 4.78 is 1.51. The SMILES string of the molecule is CCC(Nc1nnnn1-c1ccccc1)C(=O)NCCCC(=O)O. The number of hydrogen-bond donors (Lipinski definition) is 3. The number of aliphatic carboxylic acids is 1. The molecule has 1 aromatic heterocycles. The summed E-state index contributed by atoms with van der Waals surface area (Å²) in [6.45, 7) is 2.18. The summed E-state index contributed by atoms with van der Waals surface area (Å²) in [5.41, 5.74) is 0.779. The van der Waals surface area contributed by atoms with Gasteiger partial charge in [0.15, 0.2) is 0 Å². The molecule has 0 aliphatic carbocycles. The first-order chi connectivity index (χ1) is 11.6. The van der Waals surface area contributed by atoms with Crippen LogP contribution in [0.2, 0.25) is 0 Å². The van der Waals surface area contributed by atoms with Gasteiger partial charge in [0, 0.05) is 13.0 Å². The number of carbonyl (C=O) groups excluding carboxylic acids is 1. The first kappa shape index (κ1) is 17.4. The molecule has 24 heavy (non-hydrogen) atoms. The Labute approximate surface area is 139 Å². The Bertz CT molecular complexity index is 673. The third-order valence-corrected chi connectivity index (χ3v) is 3.36. The van der Waals surface area contributed by atoms with E-state index in [2.05, 4.69) is 26.2 Å². The molecule has 2 rings (SSSR count). The highest BCUT2D eigenvalue weighted by molar-refractivity contribution is 5.84. The van der Waals surface area contributed by atoms with Gasteiger partial charge in [-0.15, -0.1) is 0 Å². The number of nitrogens with one attached hydrogen (secondary N) is 2. The number of carboxylic acids is 1. The molecule has 2 aromatic rings. The molecule has 1 amide bonds. The van der Waals surface area contributed by atoms with Crippen LogP contribution in [0.3, 0.4) is 0 Å². The van der Waals surface area contributed by atoms with Gasteiger partial charge in [-0.2, -0.15) is 4.68 Å². The number of aromatic nitrogens is 4. The van der Waals surface area contributed by atoms with E-state index in [4.69, 9.17) is 5.11 Å². The molecule has 1 unspecified atom stereocenters. The molecule has 1 atom stereocenters. The van der Waals surface area contributed by atoms with Crippen LogP contribution in [0.5, 0.6) is 0 Å². The van der Waals surface area contributed by atoms with Crippen molar-refractivity contribution in [2.75, 3.05) is 11.9 Å². The third-order valence-electron chi connectivity index (χ3n) is 3.36. The molecule has 0 saturated carbocycles. The number of hydrogen-bond acceptors (Lipinski definition) is 6. The summed E-state index contributed by atoms with van der Waals surface area (Å²) in [5.74, 6) is -0.726. The Morgan fingerprint density at radius 2 is 2.04 bits per heavy atom. The minimum atomic E-state index is -0.878.